The van der Waals surface area contributed by atoms with Gasteiger partial charge in [0.1, 0.15) is 0 Å². The van der Waals surface area contributed by atoms with Crippen molar-refractivity contribution >= 4 is 74.3 Å². The number of hydrogen-bond donors (Lipinski definition) is 0. The fourth-order valence-electron chi connectivity index (χ4n) is 17.9. The van der Waals surface area contributed by atoms with E-state index < -0.39 is 0 Å². The number of nitrogens with zero attached hydrogens (tertiary/aromatic N) is 3. The van der Waals surface area contributed by atoms with E-state index >= 15 is 0 Å². The molecule has 14 rings (SSSR count). The van der Waals surface area contributed by atoms with Crippen molar-refractivity contribution in [2.24, 2.45) is 0 Å². The smallest absolute Gasteiger partial charge is 0.252 e. The van der Waals surface area contributed by atoms with Crippen LogP contribution in [0.5, 0.6) is 0 Å². The molecular formula is C87H104BN3. The summed E-state index contributed by atoms with van der Waals surface area (Å²) in [4.78, 5) is 8.20. The van der Waals surface area contributed by atoms with Crippen LogP contribution in [0, 0.1) is 0 Å². The molecule has 2 heterocycles. The first kappa shape index (κ1) is 61.7. The molecule has 0 bridgehead atoms. The maximum atomic E-state index is 2.83. The summed E-state index contributed by atoms with van der Waals surface area (Å²) in [6.45, 7) is 56.4. The predicted molar refractivity (Wildman–Crippen MR) is 395 cm³/mol. The Morgan fingerprint density at radius 2 is 0.769 bits per heavy atom. The molecule has 0 unspecified atom stereocenters. The molecule has 4 aliphatic carbocycles. The van der Waals surface area contributed by atoms with Crippen LogP contribution in [0.25, 0.3) is 11.1 Å². The normalized spacial score (nSPS) is 19.7. The van der Waals surface area contributed by atoms with Crippen molar-refractivity contribution in [3.63, 3.8) is 0 Å². The largest absolute Gasteiger partial charge is 0.311 e. The maximum Gasteiger partial charge on any atom is 0.252 e. The summed E-state index contributed by atoms with van der Waals surface area (Å²) in [6.07, 6.45) is 6.90. The van der Waals surface area contributed by atoms with Gasteiger partial charge in [0.15, 0.2) is 0 Å². The molecule has 470 valence electrons. The molecule has 2 aliphatic heterocycles. The zero-order valence-electron chi connectivity index (χ0n) is 59.9. The second-order valence-corrected chi connectivity index (χ2v) is 36.7. The summed E-state index contributed by atoms with van der Waals surface area (Å²) in [5.74, 6) is 0. The predicted octanol–water partition coefficient (Wildman–Crippen LogP) is 22.5. The Balaban J connectivity index is 1.19. The van der Waals surface area contributed by atoms with E-state index in [4.69, 9.17) is 0 Å². The third-order valence-electron chi connectivity index (χ3n) is 24.1. The van der Waals surface area contributed by atoms with Gasteiger partial charge in [-0.05, 0) is 237 Å². The highest BCUT2D eigenvalue weighted by atomic mass is 15.2. The summed E-state index contributed by atoms with van der Waals surface area (Å²) < 4.78 is 0. The Hall–Kier alpha value is -6.78. The summed E-state index contributed by atoms with van der Waals surface area (Å²) in [5.41, 5.74) is 33.5. The van der Waals surface area contributed by atoms with E-state index in [2.05, 4.69) is 313 Å². The van der Waals surface area contributed by atoms with Crippen molar-refractivity contribution in [1.82, 2.24) is 0 Å². The third kappa shape index (κ3) is 9.44. The second-order valence-electron chi connectivity index (χ2n) is 36.7. The number of benzene rings is 8. The molecule has 0 spiro atoms. The third-order valence-corrected chi connectivity index (χ3v) is 24.1. The average molecular weight is 1200 g/mol. The van der Waals surface area contributed by atoms with Crippen molar-refractivity contribution in [3.05, 3.63) is 201 Å². The Labute approximate surface area is 549 Å². The topological polar surface area (TPSA) is 9.72 Å². The molecule has 0 amide bonds. The molecule has 4 heteroatoms. The van der Waals surface area contributed by atoms with Gasteiger partial charge in [0.25, 0.3) is 6.71 Å². The Bertz CT molecular complexity index is 4270. The number of hydrogen-bond acceptors (Lipinski definition) is 3. The standard InChI is InChI=1S/C87H104BN3/c1-78(2,3)53-28-32-55(33-29-53)89(56-34-30-54(31-35-56)79(4,5)6)58-47-73-77-74(48-58)91(70-39-38-62(80(7,8)9)76-75(70)59-26-24-25-27-60(59)87(76,22)23)72-52-67-65(84(16,17)43-45-86(67,20)21)50-69(72)88(77)68-49-64-66(85(18,19)44-42-83(64,14)15)51-71(68)90(73)57-36-37-61-63(46-57)82(12,13)41-40-81(61,10)11/h24-39,46-52H,40-45H2,1-23H3. The summed E-state index contributed by atoms with van der Waals surface area (Å²) in [7, 11) is 0. The number of rotatable bonds is 5. The Morgan fingerprint density at radius 3 is 1.23 bits per heavy atom. The average Bonchev–Trinajstić information content (AvgIpc) is 1.46. The fraction of sp³-hybridized carbons (Fsp3) is 0.448. The van der Waals surface area contributed by atoms with Gasteiger partial charge in [-0.3, -0.25) is 0 Å². The van der Waals surface area contributed by atoms with Gasteiger partial charge in [-0.25, -0.2) is 0 Å². The molecule has 91 heavy (non-hydrogen) atoms. The molecule has 0 aromatic heterocycles. The lowest BCUT2D eigenvalue weighted by atomic mass is 9.32. The van der Waals surface area contributed by atoms with Gasteiger partial charge in [0.05, 0.1) is 11.4 Å². The highest BCUT2D eigenvalue weighted by molar-refractivity contribution is 7.00. The van der Waals surface area contributed by atoms with E-state index in [9.17, 15) is 0 Å². The van der Waals surface area contributed by atoms with Crippen molar-refractivity contribution < 1.29 is 0 Å². The molecule has 6 aliphatic rings. The van der Waals surface area contributed by atoms with Crippen molar-refractivity contribution in [1.29, 1.82) is 0 Å². The highest BCUT2D eigenvalue weighted by Crippen LogP contribution is 2.60. The molecule has 0 atom stereocenters. The fourth-order valence-corrected chi connectivity index (χ4v) is 17.9. The second kappa shape index (κ2) is 19.6. The monoisotopic (exact) mass is 1200 g/mol. The Morgan fingerprint density at radius 1 is 0.352 bits per heavy atom. The molecule has 0 radical (unpaired) electrons. The molecule has 3 nitrogen and oxygen atoms in total. The van der Waals surface area contributed by atoms with Crippen LogP contribution in [-0.2, 0) is 54.1 Å². The summed E-state index contributed by atoms with van der Waals surface area (Å²) in [6, 6.07) is 57.5. The van der Waals surface area contributed by atoms with Gasteiger partial charge in [-0.2, -0.15) is 0 Å². The van der Waals surface area contributed by atoms with Gasteiger partial charge in [-0.15, -0.1) is 0 Å². The minimum absolute atomic E-state index is 0.000528. The molecular weight excluding hydrogens is 1100 g/mol. The minimum atomic E-state index is -0.242. The van der Waals surface area contributed by atoms with E-state index in [-0.39, 0.29) is 60.9 Å². The zero-order valence-corrected chi connectivity index (χ0v) is 59.9. The summed E-state index contributed by atoms with van der Waals surface area (Å²) >= 11 is 0. The lowest BCUT2D eigenvalue weighted by Gasteiger charge is -2.49. The summed E-state index contributed by atoms with van der Waals surface area (Å²) in [5, 5.41) is 0. The van der Waals surface area contributed by atoms with Gasteiger partial charge in [0, 0.05) is 50.8 Å². The number of anilines is 9. The molecule has 8 aromatic carbocycles. The van der Waals surface area contributed by atoms with Crippen molar-refractivity contribution in [3.8, 4) is 11.1 Å². The van der Waals surface area contributed by atoms with Crippen LogP contribution >= 0.6 is 0 Å². The van der Waals surface area contributed by atoms with Gasteiger partial charge >= 0.3 is 0 Å². The van der Waals surface area contributed by atoms with E-state index in [0.717, 1.165) is 49.2 Å². The van der Waals surface area contributed by atoms with Crippen LogP contribution in [-0.4, -0.2) is 6.71 Å². The molecule has 0 fully saturated rings. The van der Waals surface area contributed by atoms with E-state index in [0.29, 0.717) is 0 Å². The van der Waals surface area contributed by atoms with Crippen molar-refractivity contribution in [2.75, 3.05) is 14.7 Å². The van der Waals surface area contributed by atoms with Gasteiger partial charge in [0.2, 0.25) is 0 Å². The molecule has 8 aromatic rings. The lowest BCUT2D eigenvalue weighted by molar-refractivity contribution is 0.332. The maximum absolute atomic E-state index is 2.83. The first-order valence-electron chi connectivity index (χ1n) is 34.8. The van der Waals surface area contributed by atoms with Crippen LogP contribution in [0.1, 0.15) is 259 Å². The van der Waals surface area contributed by atoms with Gasteiger partial charge in [-0.1, -0.05) is 232 Å². The first-order valence-corrected chi connectivity index (χ1v) is 34.8. The van der Waals surface area contributed by atoms with E-state index in [1.54, 1.807) is 0 Å². The SMILES string of the molecule is CC(C)(C)c1ccc(N(c2ccc(C(C)(C)C)cc2)c2cc3c4c(c2)N(c2ccc(C(C)(C)C)c5c2-c2ccccc2C5(C)C)c2cc5c(cc2B4c2cc4c(cc2N3c2ccc3c(c2)C(C)(C)CCC3(C)C)C(C)(C)CCC4(C)C)C(C)(C)CCC5(C)C)cc1. The molecule has 0 saturated heterocycles. The van der Waals surface area contributed by atoms with Crippen LogP contribution in [0.4, 0.5) is 51.2 Å². The van der Waals surface area contributed by atoms with E-state index in [1.807, 2.05) is 0 Å². The Kier molecular flexibility index (Phi) is 13.3. The first-order chi connectivity index (χ1) is 42.2. The van der Waals surface area contributed by atoms with E-state index in [1.165, 1.54) is 129 Å². The number of fused-ring (bicyclic) bond motifs is 10. The highest BCUT2D eigenvalue weighted by Gasteiger charge is 2.51. The quantitative estimate of drug-likeness (QED) is 0.159. The zero-order chi connectivity index (χ0) is 65.2. The van der Waals surface area contributed by atoms with Crippen LogP contribution in [0.2, 0.25) is 0 Å². The van der Waals surface area contributed by atoms with Crippen LogP contribution < -0.4 is 31.1 Å². The van der Waals surface area contributed by atoms with Crippen LogP contribution in [0.3, 0.4) is 0 Å². The van der Waals surface area contributed by atoms with Gasteiger partial charge < -0.3 is 14.7 Å². The van der Waals surface area contributed by atoms with Crippen LogP contribution in [0.15, 0.2) is 140 Å². The molecule has 0 N–H and O–H groups in total. The van der Waals surface area contributed by atoms with Crippen molar-refractivity contribution in [2.45, 2.75) is 252 Å². The molecule has 0 saturated carbocycles. The minimum Gasteiger partial charge on any atom is -0.311 e. The lowest BCUT2D eigenvalue weighted by Crippen LogP contribution is -2.62.